The number of hydrogen-bond acceptors (Lipinski definition) is 5. The van der Waals surface area contributed by atoms with Gasteiger partial charge in [0.1, 0.15) is 0 Å². The summed E-state index contributed by atoms with van der Waals surface area (Å²) in [6.07, 6.45) is 0. The second-order valence-corrected chi connectivity index (χ2v) is 7.10. The molecular formula is C20H17N5O2S. The summed E-state index contributed by atoms with van der Waals surface area (Å²) in [4.78, 5) is 1.61. The van der Waals surface area contributed by atoms with Gasteiger partial charge in [0, 0.05) is 16.9 Å². The van der Waals surface area contributed by atoms with E-state index in [1.165, 1.54) is 4.80 Å². The highest BCUT2D eigenvalue weighted by atomic mass is 32.2. The molecule has 1 unspecified atom stereocenters. The Morgan fingerprint density at radius 1 is 0.964 bits per heavy atom. The van der Waals surface area contributed by atoms with E-state index in [1.54, 1.807) is 25.2 Å². The van der Waals surface area contributed by atoms with Crippen LogP contribution >= 0.6 is 0 Å². The van der Waals surface area contributed by atoms with Crippen molar-refractivity contribution in [2.24, 2.45) is 7.05 Å². The fourth-order valence-corrected chi connectivity index (χ4v) is 3.28. The molecule has 2 N–H and O–H groups in total. The van der Waals surface area contributed by atoms with E-state index in [0.29, 0.717) is 17.1 Å². The Morgan fingerprint density at radius 3 is 2.46 bits per heavy atom. The second kappa shape index (κ2) is 7.71. The minimum atomic E-state index is -2.10. The van der Waals surface area contributed by atoms with Crippen LogP contribution in [-0.4, -0.2) is 29.0 Å². The van der Waals surface area contributed by atoms with Crippen LogP contribution in [0.4, 0.5) is 11.4 Å². The Balaban J connectivity index is 1.73. The molecule has 4 aromatic rings. The SMILES string of the molecule is Cn1nnc(-c2cc(S(=O)O)ccc2Nc2cccc(-c3ccccc3)c2)n1. The van der Waals surface area contributed by atoms with Crippen molar-refractivity contribution in [2.75, 3.05) is 5.32 Å². The molecule has 0 aliphatic heterocycles. The number of nitrogens with one attached hydrogen (secondary N) is 1. The summed E-state index contributed by atoms with van der Waals surface area (Å²) in [5.41, 5.74) is 4.39. The lowest BCUT2D eigenvalue weighted by Gasteiger charge is -2.12. The number of tetrazole rings is 1. The summed E-state index contributed by atoms with van der Waals surface area (Å²) < 4.78 is 20.9. The number of rotatable bonds is 5. The van der Waals surface area contributed by atoms with Crippen LogP contribution in [0.15, 0.2) is 77.7 Å². The summed E-state index contributed by atoms with van der Waals surface area (Å²) in [6.45, 7) is 0. The molecular weight excluding hydrogens is 374 g/mol. The molecule has 140 valence electrons. The molecule has 0 saturated heterocycles. The Kier molecular flexibility index (Phi) is 4.96. The van der Waals surface area contributed by atoms with Crippen LogP contribution in [0.3, 0.4) is 0 Å². The quantitative estimate of drug-likeness (QED) is 0.502. The van der Waals surface area contributed by atoms with E-state index < -0.39 is 11.1 Å². The fourth-order valence-electron chi connectivity index (χ4n) is 2.88. The Labute approximate surface area is 164 Å². The van der Waals surface area contributed by atoms with Gasteiger partial charge in [-0.05, 0) is 46.7 Å². The highest BCUT2D eigenvalue weighted by Crippen LogP contribution is 2.31. The predicted octanol–water partition coefficient (Wildman–Crippen LogP) is 3.87. The zero-order chi connectivity index (χ0) is 19.5. The van der Waals surface area contributed by atoms with E-state index in [0.717, 1.165) is 16.8 Å². The van der Waals surface area contributed by atoms with Gasteiger partial charge in [0.05, 0.1) is 11.9 Å². The van der Waals surface area contributed by atoms with Crippen LogP contribution in [0.25, 0.3) is 22.5 Å². The minimum absolute atomic E-state index is 0.269. The summed E-state index contributed by atoms with van der Waals surface area (Å²) >= 11 is -2.10. The Hall–Kier alpha value is -3.36. The predicted molar refractivity (Wildman–Crippen MR) is 108 cm³/mol. The first-order chi connectivity index (χ1) is 13.6. The van der Waals surface area contributed by atoms with E-state index in [1.807, 2.05) is 42.5 Å². The summed E-state index contributed by atoms with van der Waals surface area (Å²) in [5.74, 6) is 0.372. The van der Waals surface area contributed by atoms with Gasteiger partial charge in [-0.2, -0.15) is 4.80 Å². The fraction of sp³-hybridized carbons (Fsp3) is 0.0500. The average molecular weight is 391 g/mol. The lowest BCUT2D eigenvalue weighted by atomic mass is 10.0. The number of nitrogens with zero attached hydrogens (tertiary/aromatic N) is 4. The van der Waals surface area contributed by atoms with Gasteiger partial charge in [-0.1, -0.05) is 42.5 Å². The van der Waals surface area contributed by atoms with Gasteiger partial charge in [-0.15, -0.1) is 10.2 Å². The first-order valence-corrected chi connectivity index (χ1v) is 9.62. The van der Waals surface area contributed by atoms with Gasteiger partial charge in [0.2, 0.25) is 5.82 Å². The van der Waals surface area contributed by atoms with Crippen molar-refractivity contribution in [1.29, 1.82) is 0 Å². The van der Waals surface area contributed by atoms with E-state index in [2.05, 4.69) is 32.9 Å². The summed E-state index contributed by atoms with van der Waals surface area (Å²) in [6, 6.07) is 23.0. The topological polar surface area (TPSA) is 92.9 Å². The summed E-state index contributed by atoms with van der Waals surface area (Å²) in [7, 11) is 1.67. The molecule has 1 atom stereocenters. The lowest BCUT2D eigenvalue weighted by Crippen LogP contribution is -1.98. The number of aromatic nitrogens is 4. The van der Waals surface area contributed by atoms with Gasteiger partial charge in [0.25, 0.3) is 0 Å². The highest BCUT2D eigenvalue weighted by Gasteiger charge is 2.14. The molecule has 28 heavy (non-hydrogen) atoms. The minimum Gasteiger partial charge on any atom is -0.355 e. The monoisotopic (exact) mass is 391 g/mol. The molecule has 0 saturated carbocycles. The molecule has 7 nitrogen and oxygen atoms in total. The first kappa shape index (κ1) is 18.0. The maximum Gasteiger partial charge on any atom is 0.207 e. The van der Waals surface area contributed by atoms with Crippen LogP contribution in [-0.2, 0) is 18.1 Å². The average Bonchev–Trinajstić information content (AvgIpc) is 3.15. The normalized spacial score (nSPS) is 11.9. The van der Waals surface area contributed by atoms with Crippen LogP contribution in [0.1, 0.15) is 0 Å². The molecule has 1 heterocycles. The van der Waals surface area contributed by atoms with Gasteiger partial charge < -0.3 is 9.87 Å². The van der Waals surface area contributed by atoms with Crippen molar-refractivity contribution in [3.8, 4) is 22.5 Å². The molecule has 0 radical (unpaired) electrons. The van der Waals surface area contributed by atoms with Crippen molar-refractivity contribution in [3.63, 3.8) is 0 Å². The van der Waals surface area contributed by atoms with E-state index in [9.17, 15) is 8.76 Å². The Morgan fingerprint density at radius 2 is 1.75 bits per heavy atom. The molecule has 0 amide bonds. The molecule has 0 fully saturated rings. The second-order valence-electron chi connectivity index (χ2n) is 6.13. The van der Waals surface area contributed by atoms with Crippen molar-refractivity contribution >= 4 is 22.5 Å². The highest BCUT2D eigenvalue weighted by molar-refractivity contribution is 7.79. The van der Waals surface area contributed by atoms with Crippen LogP contribution in [0.5, 0.6) is 0 Å². The molecule has 3 aromatic carbocycles. The number of anilines is 2. The van der Waals surface area contributed by atoms with Crippen LogP contribution in [0, 0.1) is 0 Å². The van der Waals surface area contributed by atoms with E-state index in [-0.39, 0.29) is 4.90 Å². The standard InChI is InChI=1S/C20H17N5O2S/c1-25-23-20(22-24-25)18-13-17(28(26)27)10-11-19(18)21-16-9-5-8-15(12-16)14-6-3-2-4-7-14/h2-13,21H,1H3,(H,26,27). The van der Waals surface area contributed by atoms with Crippen LogP contribution in [0.2, 0.25) is 0 Å². The van der Waals surface area contributed by atoms with Gasteiger partial charge in [0.15, 0.2) is 11.1 Å². The molecule has 0 aliphatic carbocycles. The zero-order valence-corrected chi connectivity index (χ0v) is 15.8. The third-order valence-electron chi connectivity index (χ3n) is 4.19. The lowest BCUT2D eigenvalue weighted by molar-refractivity contribution is 0.564. The molecule has 1 aromatic heterocycles. The van der Waals surface area contributed by atoms with Gasteiger partial charge in [-0.25, -0.2) is 4.21 Å². The van der Waals surface area contributed by atoms with Crippen LogP contribution < -0.4 is 5.32 Å². The molecule has 0 bridgehead atoms. The third kappa shape index (κ3) is 3.83. The van der Waals surface area contributed by atoms with Crippen molar-refractivity contribution < 1.29 is 8.76 Å². The molecule has 0 spiro atoms. The molecule has 4 rings (SSSR count). The Bertz CT molecular complexity index is 1140. The van der Waals surface area contributed by atoms with E-state index >= 15 is 0 Å². The number of hydrogen-bond donors (Lipinski definition) is 2. The maximum atomic E-state index is 11.5. The molecule has 0 aliphatic rings. The van der Waals surface area contributed by atoms with Crippen molar-refractivity contribution in [3.05, 3.63) is 72.8 Å². The number of aryl methyl sites for hydroxylation is 1. The summed E-state index contributed by atoms with van der Waals surface area (Å²) in [5, 5.41) is 15.5. The van der Waals surface area contributed by atoms with Crippen molar-refractivity contribution in [1.82, 2.24) is 20.2 Å². The van der Waals surface area contributed by atoms with Gasteiger partial charge in [-0.3, -0.25) is 0 Å². The first-order valence-electron chi connectivity index (χ1n) is 8.52. The maximum absolute atomic E-state index is 11.5. The smallest absolute Gasteiger partial charge is 0.207 e. The largest absolute Gasteiger partial charge is 0.355 e. The molecule has 8 heteroatoms. The van der Waals surface area contributed by atoms with Gasteiger partial charge >= 0.3 is 0 Å². The van der Waals surface area contributed by atoms with E-state index in [4.69, 9.17) is 0 Å². The third-order valence-corrected chi connectivity index (χ3v) is 4.85. The van der Waals surface area contributed by atoms with Crippen molar-refractivity contribution in [2.45, 2.75) is 4.90 Å². The number of benzene rings is 3. The zero-order valence-electron chi connectivity index (χ0n) is 15.0.